The second kappa shape index (κ2) is 11.5. The molecule has 0 heterocycles. The number of sulfonamides is 1. The van der Waals surface area contributed by atoms with Crippen LogP contribution in [0.1, 0.15) is 18.1 Å². The fraction of sp³-hybridized carbons (Fsp3) is 0.240. The van der Waals surface area contributed by atoms with Gasteiger partial charge < -0.3 is 10.1 Å². The Hall–Kier alpha value is -3.16. The standard InChI is InChI=1S/C25H28N2O4S/c1-2-21-13-15-23(16-14-21)27(32(29,30)24-11-7-4-8-12-24)19-25(28)26-17-18-31-20-22-9-5-3-6-10-22/h3-16H,2,17-20H2,1H3,(H,26,28). The van der Waals surface area contributed by atoms with E-state index in [2.05, 4.69) is 5.32 Å². The largest absolute Gasteiger partial charge is 0.375 e. The van der Waals surface area contributed by atoms with E-state index in [9.17, 15) is 13.2 Å². The van der Waals surface area contributed by atoms with E-state index in [-0.39, 0.29) is 11.4 Å². The van der Waals surface area contributed by atoms with E-state index < -0.39 is 15.9 Å². The number of anilines is 1. The number of nitrogens with zero attached hydrogens (tertiary/aromatic N) is 1. The second-order valence-electron chi connectivity index (χ2n) is 7.23. The second-order valence-corrected chi connectivity index (χ2v) is 9.10. The zero-order valence-electron chi connectivity index (χ0n) is 18.1. The molecule has 168 valence electrons. The summed E-state index contributed by atoms with van der Waals surface area (Å²) in [6.45, 7) is 2.79. The van der Waals surface area contributed by atoms with Crippen molar-refractivity contribution in [3.8, 4) is 0 Å². The van der Waals surface area contributed by atoms with Gasteiger partial charge in [-0.2, -0.15) is 0 Å². The topological polar surface area (TPSA) is 75.7 Å². The van der Waals surface area contributed by atoms with Gasteiger partial charge in [-0.25, -0.2) is 8.42 Å². The molecule has 0 fully saturated rings. The first-order chi connectivity index (χ1) is 15.5. The van der Waals surface area contributed by atoms with Crippen LogP contribution < -0.4 is 9.62 Å². The van der Waals surface area contributed by atoms with Crippen molar-refractivity contribution in [2.24, 2.45) is 0 Å². The van der Waals surface area contributed by atoms with Crippen molar-refractivity contribution in [3.05, 3.63) is 96.1 Å². The summed E-state index contributed by atoms with van der Waals surface area (Å²) in [5.41, 5.74) is 2.59. The van der Waals surface area contributed by atoms with E-state index in [0.29, 0.717) is 25.4 Å². The number of nitrogens with one attached hydrogen (secondary N) is 1. The Labute approximate surface area is 189 Å². The Balaban J connectivity index is 1.64. The van der Waals surface area contributed by atoms with Crippen LogP contribution in [0.25, 0.3) is 0 Å². The molecule has 3 rings (SSSR count). The molecular weight excluding hydrogens is 424 g/mol. The molecule has 1 N–H and O–H groups in total. The van der Waals surface area contributed by atoms with Gasteiger partial charge in [-0.1, -0.05) is 67.6 Å². The van der Waals surface area contributed by atoms with Crippen molar-refractivity contribution in [1.29, 1.82) is 0 Å². The van der Waals surface area contributed by atoms with Crippen LogP contribution in [0.5, 0.6) is 0 Å². The number of aryl methyl sites for hydroxylation is 1. The van der Waals surface area contributed by atoms with Gasteiger partial charge in [0.15, 0.2) is 0 Å². The highest BCUT2D eigenvalue weighted by Crippen LogP contribution is 2.24. The molecule has 0 saturated heterocycles. The van der Waals surface area contributed by atoms with Gasteiger partial charge in [0.25, 0.3) is 10.0 Å². The van der Waals surface area contributed by atoms with E-state index in [0.717, 1.165) is 21.9 Å². The molecule has 0 spiro atoms. The van der Waals surface area contributed by atoms with Crippen LogP contribution in [0.2, 0.25) is 0 Å². The minimum atomic E-state index is -3.90. The van der Waals surface area contributed by atoms with Crippen LogP contribution in [-0.2, 0) is 32.6 Å². The molecule has 0 atom stereocenters. The third-order valence-electron chi connectivity index (χ3n) is 4.93. The molecular formula is C25H28N2O4S. The van der Waals surface area contributed by atoms with Gasteiger partial charge in [-0.05, 0) is 41.8 Å². The summed E-state index contributed by atoms with van der Waals surface area (Å²) in [6, 6.07) is 25.1. The Morgan fingerprint density at radius 3 is 2.12 bits per heavy atom. The lowest BCUT2D eigenvalue weighted by Crippen LogP contribution is -2.41. The summed E-state index contributed by atoms with van der Waals surface area (Å²) in [7, 11) is -3.90. The zero-order valence-corrected chi connectivity index (χ0v) is 18.9. The fourth-order valence-corrected chi connectivity index (χ4v) is 4.59. The van der Waals surface area contributed by atoms with Crippen LogP contribution >= 0.6 is 0 Å². The molecule has 0 aromatic heterocycles. The van der Waals surface area contributed by atoms with Crippen LogP contribution in [0.15, 0.2) is 89.8 Å². The van der Waals surface area contributed by atoms with Crippen LogP contribution in [0.3, 0.4) is 0 Å². The number of carbonyl (C=O) groups is 1. The lowest BCUT2D eigenvalue weighted by molar-refractivity contribution is -0.119. The minimum Gasteiger partial charge on any atom is -0.375 e. The molecule has 1 amide bonds. The molecule has 0 bridgehead atoms. The fourth-order valence-electron chi connectivity index (χ4n) is 3.15. The Bertz CT molecular complexity index is 1090. The Morgan fingerprint density at radius 2 is 1.50 bits per heavy atom. The smallest absolute Gasteiger partial charge is 0.264 e. The highest BCUT2D eigenvalue weighted by atomic mass is 32.2. The van der Waals surface area contributed by atoms with E-state index in [1.54, 1.807) is 30.3 Å². The van der Waals surface area contributed by atoms with Gasteiger partial charge in [0.2, 0.25) is 5.91 Å². The van der Waals surface area contributed by atoms with Crippen molar-refractivity contribution in [1.82, 2.24) is 5.32 Å². The first-order valence-corrected chi connectivity index (χ1v) is 12.0. The van der Waals surface area contributed by atoms with Crippen LogP contribution in [0.4, 0.5) is 5.69 Å². The SMILES string of the molecule is CCc1ccc(N(CC(=O)NCCOCc2ccccc2)S(=O)(=O)c2ccccc2)cc1. The van der Waals surface area contributed by atoms with Gasteiger partial charge in [0.1, 0.15) is 6.54 Å². The van der Waals surface area contributed by atoms with Crippen LogP contribution in [0, 0.1) is 0 Å². The third kappa shape index (κ3) is 6.42. The van der Waals surface area contributed by atoms with E-state index in [4.69, 9.17) is 4.74 Å². The average Bonchev–Trinajstić information content (AvgIpc) is 2.83. The quantitative estimate of drug-likeness (QED) is 0.449. The lowest BCUT2D eigenvalue weighted by atomic mass is 10.1. The number of amides is 1. The molecule has 7 heteroatoms. The molecule has 0 aliphatic rings. The van der Waals surface area contributed by atoms with Crippen molar-refractivity contribution >= 4 is 21.6 Å². The summed E-state index contributed by atoms with van der Waals surface area (Å²) in [5.74, 6) is -0.396. The molecule has 0 unspecified atom stereocenters. The third-order valence-corrected chi connectivity index (χ3v) is 6.72. The summed E-state index contributed by atoms with van der Waals surface area (Å²) in [4.78, 5) is 12.7. The number of benzene rings is 3. The molecule has 6 nitrogen and oxygen atoms in total. The zero-order chi connectivity index (χ0) is 22.8. The maximum absolute atomic E-state index is 13.3. The van der Waals surface area contributed by atoms with Gasteiger partial charge in [-0.15, -0.1) is 0 Å². The van der Waals surface area contributed by atoms with Gasteiger partial charge in [0, 0.05) is 6.54 Å². The molecule has 3 aromatic rings. The molecule has 0 radical (unpaired) electrons. The monoisotopic (exact) mass is 452 g/mol. The highest BCUT2D eigenvalue weighted by molar-refractivity contribution is 7.92. The average molecular weight is 453 g/mol. The first kappa shape index (κ1) is 23.5. The predicted octanol–water partition coefficient (Wildman–Crippen LogP) is 3.78. The molecule has 0 saturated carbocycles. The van der Waals surface area contributed by atoms with Gasteiger partial charge >= 0.3 is 0 Å². The number of carbonyl (C=O) groups excluding carboxylic acids is 1. The number of ether oxygens (including phenoxy) is 1. The van der Waals surface area contributed by atoms with Crippen molar-refractivity contribution in [2.75, 3.05) is 24.0 Å². The predicted molar refractivity (Wildman–Crippen MR) is 126 cm³/mol. The Morgan fingerprint density at radius 1 is 0.875 bits per heavy atom. The number of hydrogen-bond donors (Lipinski definition) is 1. The van der Waals surface area contributed by atoms with Gasteiger partial charge in [-0.3, -0.25) is 9.10 Å². The molecule has 0 aliphatic heterocycles. The maximum atomic E-state index is 13.3. The molecule has 0 aliphatic carbocycles. The van der Waals surface area contributed by atoms with E-state index in [1.807, 2.05) is 49.4 Å². The molecule has 3 aromatic carbocycles. The maximum Gasteiger partial charge on any atom is 0.264 e. The number of rotatable bonds is 11. The first-order valence-electron chi connectivity index (χ1n) is 10.6. The van der Waals surface area contributed by atoms with Crippen molar-refractivity contribution < 1.29 is 17.9 Å². The van der Waals surface area contributed by atoms with Gasteiger partial charge in [0.05, 0.1) is 23.8 Å². The van der Waals surface area contributed by atoms with E-state index in [1.165, 1.54) is 12.1 Å². The van der Waals surface area contributed by atoms with Crippen molar-refractivity contribution in [2.45, 2.75) is 24.8 Å². The lowest BCUT2D eigenvalue weighted by Gasteiger charge is -2.24. The molecule has 32 heavy (non-hydrogen) atoms. The van der Waals surface area contributed by atoms with Crippen LogP contribution in [-0.4, -0.2) is 34.0 Å². The summed E-state index contributed by atoms with van der Waals surface area (Å²) >= 11 is 0. The van der Waals surface area contributed by atoms with Crippen molar-refractivity contribution in [3.63, 3.8) is 0 Å². The summed E-state index contributed by atoms with van der Waals surface area (Å²) < 4.78 is 33.3. The normalized spacial score (nSPS) is 11.2. The summed E-state index contributed by atoms with van der Waals surface area (Å²) in [5, 5.41) is 2.75. The highest BCUT2D eigenvalue weighted by Gasteiger charge is 2.26. The summed E-state index contributed by atoms with van der Waals surface area (Å²) in [6.07, 6.45) is 0.842. The van der Waals surface area contributed by atoms with E-state index >= 15 is 0 Å². The Kier molecular flexibility index (Phi) is 8.41. The minimum absolute atomic E-state index is 0.138. The number of hydrogen-bond acceptors (Lipinski definition) is 4.